The van der Waals surface area contributed by atoms with Crippen molar-refractivity contribution in [2.45, 2.75) is 38.5 Å². The maximum absolute atomic E-state index is 12.5. The molecule has 1 aliphatic rings. The Morgan fingerprint density at radius 3 is 2.58 bits per heavy atom. The van der Waals surface area contributed by atoms with Crippen LogP contribution >= 0.6 is 11.6 Å². The summed E-state index contributed by atoms with van der Waals surface area (Å²) in [7, 11) is 0. The average molecular weight is 374 g/mol. The molecule has 3 rings (SSSR count). The Bertz CT molecular complexity index is 804. The number of hydrogen-bond donors (Lipinski definition) is 1. The van der Waals surface area contributed by atoms with E-state index in [9.17, 15) is 9.59 Å². The standard InChI is InChI=1S/C20H20ClNO4/c1-13(19(23)22-15-10-11-15)26-20(24)16-7-3-5-9-18(16)25-12-14-6-2-4-8-17(14)21/h2-9,13,15H,10-12H2,1H3,(H,22,23)/t13-/m1/s1. The number of benzene rings is 2. The lowest BCUT2D eigenvalue weighted by atomic mass is 10.2. The van der Waals surface area contributed by atoms with Gasteiger partial charge < -0.3 is 14.8 Å². The third kappa shape index (κ3) is 4.76. The van der Waals surface area contributed by atoms with Crippen LogP contribution < -0.4 is 10.1 Å². The van der Waals surface area contributed by atoms with Crippen molar-refractivity contribution >= 4 is 23.5 Å². The van der Waals surface area contributed by atoms with Crippen molar-refractivity contribution in [2.75, 3.05) is 0 Å². The molecule has 2 aromatic carbocycles. The first-order valence-electron chi connectivity index (χ1n) is 8.51. The molecule has 0 spiro atoms. The van der Waals surface area contributed by atoms with Crippen LogP contribution in [0.4, 0.5) is 0 Å². The molecule has 0 saturated heterocycles. The number of carbonyl (C=O) groups excluding carboxylic acids is 2. The van der Waals surface area contributed by atoms with E-state index >= 15 is 0 Å². The molecule has 6 heteroatoms. The van der Waals surface area contributed by atoms with Gasteiger partial charge in [-0.3, -0.25) is 4.79 Å². The van der Waals surface area contributed by atoms with Gasteiger partial charge in [-0.25, -0.2) is 4.79 Å². The molecular formula is C20H20ClNO4. The monoisotopic (exact) mass is 373 g/mol. The number of rotatable bonds is 7. The van der Waals surface area contributed by atoms with Crippen molar-refractivity contribution < 1.29 is 19.1 Å². The summed E-state index contributed by atoms with van der Waals surface area (Å²) < 4.78 is 11.0. The molecular weight excluding hydrogens is 354 g/mol. The molecule has 1 aliphatic carbocycles. The molecule has 0 aromatic heterocycles. The van der Waals surface area contributed by atoms with E-state index in [4.69, 9.17) is 21.1 Å². The fraction of sp³-hybridized carbons (Fsp3) is 0.300. The van der Waals surface area contributed by atoms with Crippen LogP contribution in [0.1, 0.15) is 35.7 Å². The largest absolute Gasteiger partial charge is 0.488 e. The minimum absolute atomic E-state index is 0.217. The van der Waals surface area contributed by atoms with Crippen LogP contribution in [0.25, 0.3) is 0 Å². The lowest BCUT2D eigenvalue weighted by Crippen LogP contribution is -2.37. The second-order valence-corrected chi connectivity index (χ2v) is 6.61. The predicted octanol–water partition coefficient (Wildman–Crippen LogP) is 3.74. The zero-order valence-corrected chi connectivity index (χ0v) is 15.2. The Morgan fingerprint density at radius 1 is 1.15 bits per heavy atom. The van der Waals surface area contributed by atoms with Crippen LogP contribution in [-0.4, -0.2) is 24.0 Å². The van der Waals surface area contributed by atoms with E-state index in [1.165, 1.54) is 0 Å². The quantitative estimate of drug-likeness (QED) is 0.751. The molecule has 136 valence electrons. The van der Waals surface area contributed by atoms with E-state index in [1.807, 2.05) is 18.2 Å². The smallest absolute Gasteiger partial charge is 0.342 e. The molecule has 1 atom stereocenters. The van der Waals surface area contributed by atoms with Crippen LogP contribution in [0.15, 0.2) is 48.5 Å². The van der Waals surface area contributed by atoms with Gasteiger partial charge in [-0.2, -0.15) is 0 Å². The van der Waals surface area contributed by atoms with Gasteiger partial charge in [0.2, 0.25) is 0 Å². The van der Waals surface area contributed by atoms with Crippen molar-refractivity contribution in [1.82, 2.24) is 5.32 Å². The number of esters is 1. The van der Waals surface area contributed by atoms with Gasteiger partial charge in [-0.05, 0) is 38.0 Å². The SMILES string of the molecule is C[C@@H](OC(=O)c1ccccc1OCc1ccccc1Cl)C(=O)NC1CC1. The Kier molecular flexibility index (Phi) is 5.78. The van der Waals surface area contributed by atoms with Crippen LogP contribution in [-0.2, 0) is 16.1 Å². The Morgan fingerprint density at radius 2 is 1.85 bits per heavy atom. The van der Waals surface area contributed by atoms with Crippen molar-refractivity contribution in [1.29, 1.82) is 0 Å². The Balaban J connectivity index is 1.64. The van der Waals surface area contributed by atoms with Crippen LogP contribution in [0.5, 0.6) is 5.75 Å². The number of ether oxygens (including phenoxy) is 2. The normalized spacial score (nSPS) is 14.4. The summed E-state index contributed by atoms with van der Waals surface area (Å²) in [6, 6.07) is 14.3. The molecule has 0 bridgehead atoms. The van der Waals surface area contributed by atoms with Crippen molar-refractivity contribution in [3.63, 3.8) is 0 Å². The molecule has 0 unspecified atom stereocenters. The highest BCUT2D eigenvalue weighted by atomic mass is 35.5. The molecule has 1 fully saturated rings. The lowest BCUT2D eigenvalue weighted by molar-refractivity contribution is -0.129. The van der Waals surface area contributed by atoms with Crippen molar-refractivity contribution in [3.8, 4) is 5.75 Å². The number of carbonyl (C=O) groups is 2. The zero-order chi connectivity index (χ0) is 18.5. The van der Waals surface area contributed by atoms with Gasteiger partial charge in [-0.1, -0.05) is 41.9 Å². The van der Waals surface area contributed by atoms with E-state index in [2.05, 4.69) is 5.32 Å². The minimum atomic E-state index is -0.861. The Labute approximate surface area is 157 Å². The third-order valence-electron chi connectivity index (χ3n) is 4.02. The van der Waals surface area contributed by atoms with Crippen molar-refractivity contribution in [2.24, 2.45) is 0 Å². The van der Waals surface area contributed by atoms with E-state index in [1.54, 1.807) is 37.3 Å². The topological polar surface area (TPSA) is 64.6 Å². The summed E-state index contributed by atoms with van der Waals surface area (Å²) in [4.78, 5) is 24.4. The Hall–Kier alpha value is -2.53. The van der Waals surface area contributed by atoms with E-state index < -0.39 is 12.1 Å². The predicted molar refractivity (Wildman–Crippen MR) is 98.3 cm³/mol. The number of amides is 1. The van der Waals surface area contributed by atoms with Crippen molar-refractivity contribution in [3.05, 3.63) is 64.7 Å². The summed E-state index contributed by atoms with van der Waals surface area (Å²) in [6.07, 6.45) is 1.09. The highest BCUT2D eigenvalue weighted by molar-refractivity contribution is 6.31. The van der Waals surface area contributed by atoms with Crippen LogP contribution in [0.2, 0.25) is 5.02 Å². The fourth-order valence-corrected chi connectivity index (χ4v) is 2.55. The average Bonchev–Trinajstić information content (AvgIpc) is 3.45. The van der Waals surface area contributed by atoms with E-state index in [0.717, 1.165) is 18.4 Å². The zero-order valence-electron chi connectivity index (χ0n) is 14.4. The molecule has 2 aromatic rings. The highest BCUT2D eigenvalue weighted by Crippen LogP contribution is 2.23. The molecule has 0 radical (unpaired) electrons. The summed E-state index contributed by atoms with van der Waals surface area (Å²) in [5.41, 5.74) is 1.08. The van der Waals surface area contributed by atoms with E-state index in [0.29, 0.717) is 10.8 Å². The second kappa shape index (κ2) is 8.23. The third-order valence-corrected chi connectivity index (χ3v) is 4.39. The molecule has 26 heavy (non-hydrogen) atoms. The van der Waals surface area contributed by atoms with Gasteiger partial charge in [0.05, 0.1) is 0 Å². The number of hydrogen-bond acceptors (Lipinski definition) is 4. The van der Waals surface area contributed by atoms with Crippen LogP contribution in [0, 0.1) is 0 Å². The maximum atomic E-state index is 12.5. The minimum Gasteiger partial charge on any atom is -0.488 e. The summed E-state index contributed by atoms with van der Waals surface area (Å²) in [5, 5.41) is 3.41. The second-order valence-electron chi connectivity index (χ2n) is 6.21. The summed E-state index contributed by atoms with van der Waals surface area (Å²) in [6.45, 7) is 1.78. The highest BCUT2D eigenvalue weighted by Gasteiger charge is 2.28. The first-order valence-corrected chi connectivity index (χ1v) is 8.89. The van der Waals surface area contributed by atoms with Gasteiger partial charge >= 0.3 is 5.97 Å². The van der Waals surface area contributed by atoms with Crippen LogP contribution in [0.3, 0.4) is 0 Å². The number of halogens is 1. The molecule has 1 amide bonds. The molecule has 1 saturated carbocycles. The molecule has 0 aliphatic heterocycles. The molecule has 1 N–H and O–H groups in total. The maximum Gasteiger partial charge on any atom is 0.342 e. The van der Waals surface area contributed by atoms with E-state index in [-0.39, 0.29) is 24.1 Å². The lowest BCUT2D eigenvalue weighted by Gasteiger charge is -2.15. The molecule has 0 heterocycles. The fourth-order valence-electron chi connectivity index (χ4n) is 2.36. The van der Waals surface area contributed by atoms with Gasteiger partial charge in [0, 0.05) is 16.6 Å². The molecule has 5 nitrogen and oxygen atoms in total. The first-order chi connectivity index (χ1) is 12.5. The summed E-state index contributed by atoms with van der Waals surface area (Å²) >= 11 is 6.13. The number of nitrogens with one attached hydrogen (secondary N) is 1. The van der Waals surface area contributed by atoms with Gasteiger partial charge in [0.25, 0.3) is 5.91 Å². The van der Waals surface area contributed by atoms with Gasteiger partial charge in [-0.15, -0.1) is 0 Å². The van der Waals surface area contributed by atoms with Gasteiger partial charge in [0.15, 0.2) is 6.10 Å². The van der Waals surface area contributed by atoms with Gasteiger partial charge in [0.1, 0.15) is 17.9 Å². The summed E-state index contributed by atoms with van der Waals surface area (Å²) in [5.74, 6) is -0.499. The first kappa shape index (κ1) is 18.3. The number of para-hydroxylation sites is 1.